The third-order valence-electron chi connectivity index (χ3n) is 3.14. The van der Waals surface area contributed by atoms with E-state index >= 15 is 0 Å². The van der Waals surface area contributed by atoms with E-state index in [9.17, 15) is 4.79 Å². The molecule has 3 N–H and O–H groups in total. The van der Waals surface area contributed by atoms with Gasteiger partial charge >= 0.3 is 0 Å². The molecule has 0 aliphatic carbocycles. The van der Waals surface area contributed by atoms with Crippen molar-refractivity contribution in [3.8, 4) is 0 Å². The molecule has 112 valence electrons. The highest BCUT2D eigenvalue weighted by molar-refractivity contribution is 5.85. The van der Waals surface area contributed by atoms with E-state index in [4.69, 9.17) is 5.73 Å². The molecule has 2 rings (SSSR count). The molecule has 1 unspecified atom stereocenters. The fraction of sp³-hybridized carbons (Fsp3) is 0.235. The lowest BCUT2D eigenvalue weighted by Gasteiger charge is -2.14. The molecular formula is C17H21ClN2O. The first-order valence-corrected chi connectivity index (χ1v) is 6.81. The van der Waals surface area contributed by atoms with Crippen LogP contribution in [0.5, 0.6) is 0 Å². The van der Waals surface area contributed by atoms with Crippen LogP contribution in [0.4, 0.5) is 5.69 Å². The predicted octanol–water partition coefficient (Wildman–Crippen LogP) is 2.98. The van der Waals surface area contributed by atoms with Crippen molar-refractivity contribution in [2.45, 2.75) is 25.8 Å². The smallest absolute Gasteiger partial charge is 0.224 e. The molecule has 0 bridgehead atoms. The van der Waals surface area contributed by atoms with Gasteiger partial charge in [-0.2, -0.15) is 0 Å². The maximum Gasteiger partial charge on any atom is 0.224 e. The Hall–Kier alpha value is -2.00. The van der Waals surface area contributed by atoms with Crippen LogP contribution in [0.15, 0.2) is 54.6 Å². The fourth-order valence-corrected chi connectivity index (χ4v) is 2.17. The first-order chi connectivity index (χ1) is 9.63. The van der Waals surface area contributed by atoms with Crippen LogP contribution >= 0.6 is 12.4 Å². The summed E-state index contributed by atoms with van der Waals surface area (Å²) < 4.78 is 0. The minimum absolute atomic E-state index is 0. The van der Waals surface area contributed by atoms with Gasteiger partial charge in [-0.15, -0.1) is 12.4 Å². The number of hydrogen-bond donors (Lipinski definition) is 2. The molecule has 1 amide bonds. The Bertz CT molecular complexity index is 555. The van der Waals surface area contributed by atoms with E-state index in [2.05, 4.69) is 17.4 Å². The summed E-state index contributed by atoms with van der Waals surface area (Å²) in [7, 11) is 0. The molecule has 0 spiro atoms. The van der Waals surface area contributed by atoms with Crippen LogP contribution in [0, 0.1) is 0 Å². The van der Waals surface area contributed by atoms with Gasteiger partial charge in [-0.05, 0) is 36.6 Å². The molecule has 0 fully saturated rings. The summed E-state index contributed by atoms with van der Waals surface area (Å²) in [5.41, 5.74) is 8.54. The van der Waals surface area contributed by atoms with Gasteiger partial charge in [0, 0.05) is 11.7 Å². The summed E-state index contributed by atoms with van der Waals surface area (Å²) >= 11 is 0. The van der Waals surface area contributed by atoms with Crippen molar-refractivity contribution in [2.24, 2.45) is 0 Å². The van der Waals surface area contributed by atoms with Gasteiger partial charge in [-0.3, -0.25) is 4.79 Å². The van der Waals surface area contributed by atoms with Gasteiger partial charge in [0.15, 0.2) is 0 Å². The third kappa shape index (κ3) is 5.88. The lowest BCUT2D eigenvalue weighted by atomic mass is 10.1. The Morgan fingerprint density at radius 1 is 1.05 bits per heavy atom. The number of anilines is 1. The SMILES string of the molecule is CC(Cc1ccccc1)NC(=O)Cc1ccc(N)cc1.Cl. The van der Waals surface area contributed by atoms with E-state index < -0.39 is 0 Å². The normalized spacial score (nSPS) is 11.3. The summed E-state index contributed by atoms with van der Waals surface area (Å²) in [5.74, 6) is 0.0400. The maximum atomic E-state index is 12.0. The van der Waals surface area contributed by atoms with Gasteiger partial charge in [0.05, 0.1) is 6.42 Å². The molecule has 0 aromatic heterocycles. The number of benzene rings is 2. The number of carbonyl (C=O) groups is 1. The first-order valence-electron chi connectivity index (χ1n) is 6.81. The highest BCUT2D eigenvalue weighted by Crippen LogP contribution is 2.07. The zero-order valence-corrected chi connectivity index (χ0v) is 12.9. The Morgan fingerprint density at radius 2 is 1.67 bits per heavy atom. The minimum atomic E-state index is 0. The van der Waals surface area contributed by atoms with Crippen molar-refractivity contribution < 1.29 is 4.79 Å². The van der Waals surface area contributed by atoms with Crippen molar-refractivity contribution in [3.05, 3.63) is 65.7 Å². The second-order valence-corrected chi connectivity index (χ2v) is 5.08. The molecular weight excluding hydrogens is 284 g/mol. The molecule has 0 heterocycles. The van der Waals surface area contributed by atoms with Gasteiger partial charge < -0.3 is 11.1 Å². The third-order valence-corrected chi connectivity index (χ3v) is 3.14. The van der Waals surface area contributed by atoms with E-state index in [-0.39, 0.29) is 24.4 Å². The summed E-state index contributed by atoms with van der Waals surface area (Å²) in [6.45, 7) is 2.02. The molecule has 21 heavy (non-hydrogen) atoms. The second-order valence-electron chi connectivity index (χ2n) is 5.08. The molecule has 2 aromatic carbocycles. The molecule has 0 aliphatic heterocycles. The largest absolute Gasteiger partial charge is 0.399 e. The van der Waals surface area contributed by atoms with Crippen molar-refractivity contribution in [3.63, 3.8) is 0 Å². The van der Waals surface area contributed by atoms with Gasteiger partial charge in [0.1, 0.15) is 0 Å². The van der Waals surface area contributed by atoms with Crippen molar-refractivity contribution in [2.75, 3.05) is 5.73 Å². The summed E-state index contributed by atoms with van der Waals surface area (Å²) in [6.07, 6.45) is 1.23. The lowest BCUT2D eigenvalue weighted by molar-refractivity contribution is -0.121. The van der Waals surface area contributed by atoms with Crippen LogP contribution in [0.2, 0.25) is 0 Å². The monoisotopic (exact) mass is 304 g/mol. The highest BCUT2D eigenvalue weighted by atomic mass is 35.5. The zero-order valence-electron chi connectivity index (χ0n) is 12.1. The molecule has 2 aromatic rings. The van der Waals surface area contributed by atoms with E-state index in [1.165, 1.54) is 5.56 Å². The Morgan fingerprint density at radius 3 is 2.29 bits per heavy atom. The number of carbonyl (C=O) groups excluding carboxylic acids is 1. The number of nitrogens with two attached hydrogens (primary N) is 1. The standard InChI is InChI=1S/C17H20N2O.ClH/c1-13(11-14-5-3-2-4-6-14)19-17(20)12-15-7-9-16(18)10-8-15;/h2-10,13H,11-12,18H2,1H3,(H,19,20);1H. The van der Waals surface area contributed by atoms with Crippen LogP contribution in [-0.2, 0) is 17.6 Å². The number of nitrogen functional groups attached to an aromatic ring is 1. The van der Waals surface area contributed by atoms with Crippen molar-refractivity contribution in [1.82, 2.24) is 5.32 Å². The summed E-state index contributed by atoms with van der Waals surface area (Å²) in [5, 5.41) is 3.02. The van der Waals surface area contributed by atoms with Crippen LogP contribution in [0.1, 0.15) is 18.1 Å². The topological polar surface area (TPSA) is 55.1 Å². The van der Waals surface area contributed by atoms with E-state index in [1.54, 1.807) is 0 Å². The average molecular weight is 305 g/mol. The fourth-order valence-electron chi connectivity index (χ4n) is 2.17. The average Bonchev–Trinajstić information content (AvgIpc) is 2.42. The number of nitrogens with one attached hydrogen (secondary N) is 1. The summed E-state index contributed by atoms with van der Waals surface area (Å²) in [4.78, 5) is 12.0. The summed E-state index contributed by atoms with van der Waals surface area (Å²) in [6, 6.07) is 17.7. The quantitative estimate of drug-likeness (QED) is 0.834. The van der Waals surface area contributed by atoms with E-state index in [1.807, 2.05) is 49.4 Å². The van der Waals surface area contributed by atoms with Crippen molar-refractivity contribution in [1.29, 1.82) is 0 Å². The number of amides is 1. The molecule has 0 radical (unpaired) electrons. The Labute approximate surface area is 132 Å². The number of rotatable bonds is 5. The van der Waals surface area contributed by atoms with Gasteiger partial charge in [0.25, 0.3) is 0 Å². The maximum absolute atomic E-state index is 12.0. The number of halogens is 1. The minimum Gasteiger partial charge on any atom is -0.399 e. The van der Waals surface area contributed by atoms with Crippen LogP contribution in [-0.4, -0.2) is 11.9 Å². The van der Waals surface area contributed by atoms with E-state index in [0.29, 0.717) is 12.1 Å². The molecule has 3 nitrogen and oxygen atoms in total. The van der Waals surface area contributed by atoms with Gasteiger partial charge in [-0.25, -0.2) is 0 Å². The molecule has 0 saturated carbocycles. The van der Waals surface area contributed by atoms with Crippen LogP contribution in [0.3, 0.4) is 0 Å². The molecule has 4 heteroatoms. The molecule has 0 aliphatic rings. The Balaban J connectivity index is 0.00000220. The highest BCUT2D eigenvalue weighted by Gasteiger charge is 2.08. The second kappa shape index (κ2) is 8.32. The first kappa shape index (κ1) is 17.1. The molecule has 1 atom stereocenters. The van der Waals surface area contributed by atoms with Crippen LogP contribution in [0.25, 0.3) is 0 Å². The predicted molar refractivity (Wildman–Crippen MR) is 89.6 cm³/mol. The van der Waals surface area contributed by atoms with E-state index in [0.717, 1.165) is 12.0 Å². The molecule has 0 saturated heterocycles. The zero-order chi connectivity index (χ0) is 14.4. The van der Waals surface area contributed by atoms with Crippen LogP contribution < -0.4 is 11.1 Å². The van der Waals surface area contributed by atoms with Gasteiger partial charge in [0.2, 0.25) is 5.91 Å². The van der Waals surface area contributed by atoms with Crippen molar-refractivity contribution >= 4 is 24.0 Å². The lowest BCUT2D eigenvalue weighted by Crippen LogP contribution is -2.35. The Kier molecular flexibility index (Phi) is 6.76. The van der Waals surface area contributed by atoms with Gasteiger partial charge in [-0.1, -0.05) is 42.5 Å². The number of hydrogen-bond acceptors (Lipinski definition) is 2.